The van der Waals surface area contributed by atoms with Gasteiger partial charge in [0.1, 0.15) is 0 Å². The van der Waals surface area contributed by atoms with Crippen molar-refractivity contribution in [2.75, 3.05) is 6.26 Å². The number of thioether (sulfide) groups is 1. The number of rotatable bonds is 3. The first kappa shape index (κ1) is 9.66. The molecule has 0 spiro atoms. The Balaban J connectivity index is 2.96. The van der Waals surface area contributed by atoms with E-state index in [1.807, 2.05) is 11.8 Å². The van der Waals surface area contributed by atoms with Crippen molar-refractivity contribution in [2.45, 2.75) is 31.1 Å². The van der Waals surface area contributed by atoms with Crippen LogP contribution in [0.1, 0.15) is 31.7 Å². The van der Waals surface area contributed by atoms with Crippen LogP contribution in [0.25, 0.3) is 0 Å². The van der Waals surface area contributed by atoms with Crippen molar-refractivity contribution in [3.05, 3.63) is 29.8 Å². The topological polar surface area (TPSA) is 0 Å². The van der Waals surface area contributed by atoms with E-state index in [0.717, 1.165) is 0 Å². The lowest BCUT2D eigenvalue weighted by atomic mass is 9.99. The van der Waals surface area contributed by atoms with E-state index in [1.54, 1.807) is 0 Å². The van der Waals surface area contributed by atoms with Crippen LogP contribution < -0.4 is 0 Å². The molecule has 0 heterocycles. The molecule has 0 aliphatic carbocycles. The Morgan fingerprint density at radius 2 is 2.00 bits per heavy atom. The minimum atomic E-state index is 0.689. The van der Waals surface area contributed by atoms with Crippen molar-refractivity contribution < 1.29 is 0 Å². The molecule has 0 saturated carbocycles. The predicted molar refractivity (Wildman–Crippen MR) is 56.9 cm³/mol. The zero-order chi connectivity index (χ0) is 8.97. The maximum Gasteiger partial charge on any atom is 0.0104 e. The van der Waals surface area contributed by atoms with Gasteiger partial charge in [0.25, 0.3) is 0 Å². The second-order valence-electron chi connectivity index (χ2n) is 3.05. The quantitative estimate of drug-likeness (QED) is 0.635. The van der Waals surface area contributed by atoms with Crippen LogP contribution in [0.15, 0.2) is 29.2 Å². The molecule has 0 nitrogen and oxygen atoms in total. The van der Waals surface area contributed by atoms with Gasteiger partial charge in [-0.15, -0.1) is 11.8 Å². The summed E-state index contributed by atoms with van der Waals surface area (Å²) in [6.07, 6.45) is 3.36. The molecule has 0 aliphatic heterocycles. The monoisotopic (exact) mass is 180 g/mol. The molecule has 1 rings (SSSR count). The highest BCUT2D eigenvalue weighted by Crippen LogP contribution is 2.28. The average Bonchev–Trinajstić information content (AvgIpc) is 2.16. The van der Waals surface area contributed by atoms with Gasteiger partial charge in [0, 0.05) is 4.90 Å². The van der Waals surface area contributed by atoms with Crippen LogP contribution in [-0.4, -0.2) is 6.26 Å². The van der Waals surface area contributed by atoms with Gasteiger partial charge < -0.3 is 0 Å². The second-order valence-corrected chi connectivity index (χ2v) is 3.90. The summed E-state index contributed by atoms with van der Waals surface area (Å²) in [5, 5.41) is 0. The summed E-state index contributed by atoms with van der Waals surface area (Å²) >= 11 is 1.84. The van der Waals surface area contributed by atoms with Crippen molar-refractivity contribution in [1.82, 2.24) is 0 Å². The molecule has 1 aromatic rings. The maximum atomic E-state index is 2.29. The third-order valence-corrected chi connectivity index (χ3v) is 3.09. The largest absolute Gasteiger partial charge is 0.129 e. The van der Waals surface area contributed by atoms with Gasteiger partial charge in [0.2, 0.25) is 0 Å². The standard InChI is InChI=1S/C11H16S/c1-4-9(2)10-7-5-6-8-11(10)12-3/h5-9H,4H2,1-3H3/t9-/m0/s1. The molecular weight excluding hydrogens is 164 g/mol. The fourth-order valence-electron chi connectivity index (χ4n) is 1.29. The molecule has 12 heavy (non-hydrogen) atoms. The van der Waals surface area contributed by atoms with Gasteiger partial charge >= 0.3 is 0 Å². The van der Waals surface area contributed by atoms with Crippen molar-refractivity contribution >= 4 is 11.8 Å². The summed E-state index contributed by atoms with van der Waals surface area (Å²) in [5.74, 6) is 0.689. The number of benzene rings is 1. The molecule has 0 bridgehead atoms. The lowest BCUT2D eigenvalue weighted by Gasteiger charge is -2.12. The Morgan fingerprint density at radius 3 is 2.58 bits per heavy atom. The van der Waals surface area contributed by atoms with Crippen LogP contribution in [0.2, 0.25) is 0 Å². The Hall–Kier alpha value is -0.430. The van der Waals surface area contributed by atoms with E-state index in [9.17, 15) is 0 Å². The predicted octanol–water partition coefficient (Wildman–Crippen LogP) is 3.92. The van der Waals surface area contributed by atoms with E-state index < -0.39 is 0 Å². The smallest absolute Gasteiger partial charge is 0.0104 e. The Kier molecular flexibility index (Phi) is 3.67. The van der Waals surface area contributed by atoms with E-state index in [2.05, 4.69) is 44.4 Å². The minimum Gasteiger partial charge on any atom is -0.129 e. The first-order valence-electron chi connectivity index (χ1n) is 4.42. The molecule has 0 aromatic heterocycles. The van der Waals surface area contributed by atoms with E-state index in [4.69, 9.17) is 0 Å². The molecule has 0 fully saturated rings. The van der Waals surface area contributed by atoms with Crippen LogP contribution in [-0.2, 0) is 0 Å². The van der Waals surface area contributed by atoms with Crippen molar-refractivity contribution in [3.63, 3.8) is 0 Å². The molecule has 0 unspecified atom stereocenters. The molecule has 1 heteroatoms. The van der Waals surface area contributed by atoms with Crippen molar-refractivity contribution in [1.29, 1.82) is 0 Å². The van der Waals surface area contributed by atoms with Crippen molar-refractivity contribution in [2.24, 2.45) is 0 Å². The summed E-state index contributed by atoms with van der Waals surface area (Å²) in [6.45, 7) is 4.52. The van der Waals surface area contributed by atoms with E-state index in [0.29, 0.717) is 5.92 Å². The Bertz CT molecular complexity index is 243. The van der Waals surface area contributed by atoms with E-state index >= 15 is 0 Å². The zero-order valence-corrected chi connectivity index (χ0v) is 8.82. The van der Waals surface area contributed by atoms with Gasteiger partial charge in [0.15, 0.2) is 0 Å². The molecule has 0 aliphatic rings. The molecule has 0 radical (unpaired) electrons. The highest BCUT2D eigenvalue weighted by Gasteiger charge is 2.06. The summed E-state index contributed by atoms with van der Waals surface area (Å²) in [6, 6.07) is 8.67. The number of hydrogen-bond donors (Lipinski definition) is 0. The molecular formula is C11H16S. The normalized spacial score (nSPS) is 12.9. The summed E-state index contributed by atoms with van der Waals surface area (Å²) in [4.78, 5) is 1.42. The Labute approximate surface area is 79.4 Å². The number of hydrogen-bond acceptors (Lipinski definition) is 1. The third-order valence-electron chi connectivity index (χ3n) is 2.28. The first-order valence-corrected chi connectivity index (χ1v) is 5.65. The van der Waals surface area contributed by atoms with Gasteiger partial charge in [-0.05, 0) is 30.2 Å². The molecule has 1 aromatic carbocycles. The average molecular weight is 180 g/mol. The van der Waals surface area contributed by atoms with Crippen LogP contribution in [0.5, 0.6) is 0 Å². The first-order chi connectivity index (χ1) is 5.79. The SMILES string of the molecule is CC[C@H](C)c1ccccc1SC. The summed E-state index contributed by atoms with van der Waals surface area (Å²) in [7, 11) is 0. The highest BCUT2D eigenvalue weighted by molar-refractivity contribution is 7.98. The van der Waals surface area contributed by atoms with E-state index in [1.165, 1.54) is 16.9 Å². The van der Waals surface area contributed by atoms with Gasteiger partial charge in [-0.1, -0.05) is 32.0 Å². The van der Waals surface area contributed by atoms with Gasteiger partial charge in [-0.25, -0.2) is 0 Å². The van der Waals surface area contributed by atoms with Gasteiger partial charge in [0.05, 0.1) is 0 Å². The summed E-state index contributed by atoms with van der Waals surface area (Å²) in [5.41, 5.74) is 1.49. The molecule has 0 saturated heterocycles. The molecule has 66 valence electrons. The Morgan fingerprint density at radius 1 is 1.33 bits per heavy atom. The van der Waals surface area contributed by atoms with Crippen LogP contribution in [0.4, 0.5) is 0 Å². The zero-order valence-electron chi connectivity index (χ0n) is 8.00. The minimum absolute atomic E-state index is 0.689. The lowest BCUT2D eigenvalue weighted by molar-refractivity contribution is 0.719. The van der Waals surface area contributed by atoms with Crippen LogP contribution in [0, 0.1) is 0 Å². The van der Waals surface area contributed by atoms with Gasteiger partial charge in [-0.3, -0.25) is 0 Å². The lowest BCUT2D eigenvalue weighted by Crippen LogP contribution is -1.92. The molecule has 0 N–H and O–H groups in total. The van der Waals surface area contributed by atoms with E-state index in [-0.39, 0.29) is 0 Å². The van der Waals surface area contributed by atoms with Gasteiger partial charge in [-0.2, -0.15) is 0 Å². The molecule has 0 amide bonds. The highest BCUT2D eigenvalue weighted by atomic mass is 32.2. The maximum absolute atomic E-state index is 2.29. The molecule has 1 atom stereocenters. The fraction of sp³-hybridized carbons (Fsp3) is 0.455. The van der Waals surface area contributed by atoms with Crippen LogP contribution in [0.3, 0.4) is 0 Å². The fourth-order valence-corrected chi connectivity index (χ4v) is 2.01. The third kappa shape index (κ3) is 2.04. The second kappa shape index (κ2) is 4.56. The van der Waals surface area contributed by atoms with Crippen molar-refractivity contribution in [3.8, 4) is 0 Å². The van der Waals surface area contributed by atoms with Crippen LogP contribution >= 0.6 is 11.8 Å². The summed E-state index contributed by atoms with van der Waals surface area (Å²) < 4.78 is 0.